The van der Waals surface area contributed by atoms with Gasteiger partial charge in [-0.2, -0.15) is 0 Å². The van der Waals surface area contributed by atoms with Crippen LogP contribution in [0.4, 0.5) is 5.82 Å². The van der Waals surface area contributed by atoms with Crippen LogP contribution >= 0.6 is 11.3 Å². The number of pyridine rings is 1. The largest absolute Gasteiger partial charge is 0.348 e. The third-order valence-corrected chi connectivity index (χ3v) is 4.52. The van der Waals surface area contributed by atoms with Gasteiger partial charge < -0.3 is 10.2 Å². The van der Waals surface area contributed by atoms with Crippen molar-refractivity contribution in [1.29, 1.82) is 0 Å². The summed E-state index contributed by atoms with van der Waals surface area (Å²) in [4.78, 5) is 8.62. The van der Waals surface area contributed by atoms with Gasteiger partial charge in [0.25, 0.3) is 0 Å². The lowest BCUT2D eigenvalue weighted by Crippen LogP contribution is -2.26. The summed E-state index contributed by atoms with van der Waals surface area (Å²) in [6, 6.07) is 7.27. The van der Waals surface area contributed by atoms with Gasteiger partial charge in [-0.15, -0.1) is 11.3 Å². The third kappa shape index (κ3) is 3.02. The SMILES string of the molecule is CNCc1cnc(N(Cc2cccs2)C2CC2)c(C)c1. The Morgan fingerprint density at radius 1 is 1.45 bits per heavy atom. The molecule has 0 unspecified atom stereocenters. The van der Waals surface area contributed by atoms with Gasteiger partial charge in [0.2, 0.25) is 0 Å². The molecule has 0 aromatic carbocycles. The molecule has 2 aromatic heterocycles. The number of aryl methyl sites for hydroxylation is 1. The van der Waals surface area contributed by atoms with E-state index in [4.69, 9.17) is 4.98 Å². The summed E-state index contributed by atoms with van der Waals surface area (Å²) < 4.78 is 0. The third-order valence-electron chi connectivity index (χ3n) is 3.65. The van der Waals surface area contributed by atoms with Crippen molar-refractivity contribution in [3.63, 3.8) is 0 Å². The fraction of sp³-hybridized carbons (Fsp3) is 0.438. The van der Waals surface area contributed by atoms with E-state index in [-0.39, 0.29) is 0 Å². The smallest absolute Gasteiger partial charge is 0.132 e. The second-order valence-corrected chi connectivity index (χ2v) is 6.49. The van der Waals surface area contributed by atoms with E-state index in [0.717, 1.165) is 18.9 Å². The van der Waals surface area contributed by atoms with Gasteiger partial charge in [-0.05, 0) is 55.5 Å². The average molecular weight is 287 g/mol. The molecule has 0 spiro atoms. The molecule has 20 heavy (non-hydrogen) atoms. The van der Waals surface area contributed by atoms with Crippen molar-refractivity contribution in [2.24, 2.45) is 0 Å². The fourth-order valence-corrected chi connectivity index (χ4v) is 3.26. The molecule has 3 nitrogen and oxygen atoms in total. The van der Waals surface area contributed by atoms with Gasteiger partial charge in [0.1, 0.15) is 5.82 Å². The summed E-state index contributed by atoms with van der Waals surface area (Å²) >= 11 is 1.83. The minimum Gasteiger partial charge on any atom is -0.348 e. The predicted molar refractivity (Wildman–Crippen MR) is 85.3 cm³/mol. The molecule has 0 bridgehead atoms. The first-order valence-corrected chi connectivity index (χ1v) is 8.05. The lowest BCUT2D eigenvalue weighted by Gasteiger charge is -2.25. The zero-order valence-corrected chi connectivity index (χ0v) is 12.9. The van der Waals surface area contributed by atoms with Gasteiger partial charge >= 0.3 is 0 Å². The summed E-state index contributed by atoms with van der Waals surface area (Å²) in [5.41, 5.74) is 2.53. The maximum Gasteiger partial charge on any atom is 0.132 e. The Morgan fingerprint density at radius 3 is 2.90 bits per heavy atom. The Balaban J connectivity index is 1.83. The number of thiophene rings is 1. The molecule has 2 heterocycles. The zero-order valence-electron chi connectivity index (χ0n) is 12.1. The molecular weight excluding hydrogens is 266 g/mol. The van der Waals surface area contributed by atoms with Gasteiger partial charge in [-0.3, -0.25) is 0 Å². The van der Waals surface area contributed by atoms with E-state index in [1.165, 1.54) is 28.8 Å². The summed E-state index contributed by atoms with van der Waals surface area (Å²) in [6.07, 6.45) is 4.60. The lowest BCUT2D eigenvalue weighted by atomic mass is 10.2. The van der Waals surface area contributed by atoms with Crippen molar-refractivity contribution in [2.45, 2.75) is 38.9 Å². The highest BCUT2D eigenvalue weighted by molar-refractivity contribution is 7.09. The molecule has 3 rings (SSSR count). The molecule has 0 saturated heterocycles. The van der Waals surface area contributed by atoms with Crippen molar-refractivity contribution in [3.8, 4) is 0 Å². The van der Waals surface area contributed by atoms with Gasteiger partial charge in [-0.25, -0.2) is 4.98 Å². The number of aromatic nitrogens is 1. The molecule has 0 atom stereocenters. The van der Waals surface area contributed by atoms with Crippen LogP contribution in [-0.2, 0) is 13.1 Å². The second-order valence-electron chi connectivity index (χ2n) is 5.45. The molecule has 1 aliphatic rings. The van der Waals surface area contributed by atoms with Gasteiger partial charge in [0.15, 0.2) is 0 Å². The predicted octanol–water partition coefficient (Wildman–Crippen LogP) is 3.34. The molecule has 1 N–H and O–H groups in total. The van der Waals surface area contributed by atoms with Crippen LogP contribution in [0.2, 0.25) is 0 Å². The summed E-state index contributed by atoms with van der Waals surface area (Å²) in [6.45, 7) is 4.04. The molecule has 106 valence electrons. The van der Waals surface area contributed by atoms with Crippen LogP contribution in [0.5, 0.6) is 0 Å². The van der Waals surface area contributed by atoms with Crippen molar-refractivity contribution in [3.05, 3.63) is 45.8 Å². The van der Waals surface area contributed by atoms with Crippen molar-refractivity contribution in [2.75, 3.05) is 11.9 Å². The number of nitrogens with zero attached hydrogens (tertiary/aromatic N) is 2. The number of rotatable bonds is 6. The van der Waals surface area contributed by atoms with Gasteiger partial charge in [0, 0.05) is 23.7 Å². The first kappa shape index (κ1) is 13.6. The first-order chi connectivity index (χ1) is 9.78. The monoisotopic (exact) mass is 287 g/mol. The van der Waals surface area contributed by atoms with E-state index in [1.807, 2.05) is 24.6 Å². The molecule has 1 saturated carbocycles. The zero-order chi connectivity index (χ0) is 13.9. The summed E-state index contributed by atoms with van der Waals surface area (Å²) in [5.74, 6) is 1.15. The van der Waals surface area contributed by atoms with E-state index >= 15 is 0 Å². The molecule has 0 aliphatic heterocycles. The highest BCUT2D eigenvalue weighted by atomic mass is 32.1. The molecule has 1 fully saturated rings. The molecule has 4 heteroatoms. The minimum absolute atomic E-state index is 0.679. The second kappa shape index (κ2) is 5.94. The summed E-state index contributed by atoms with van der Waals surface area (Å²) in [5, 5.41) is 5.33. The highest BCUT2D eigenvalue weighted by Crippen LogP contribution is 2.34. The fourth-order valence-electron chi connectivity index (χ4n) is 2.56. The van der Waals surface area contributed by atoms with E-state index in [0.29, 0.717) is 6.04 Å². The Hall–Kier alpha value is -1.39. The maximum atomic E-state index is 4.73. The lowest BCUT2D eigenvalue weighted by molar-refractivity contribution is 0.773. The van der Waals surface area contributed by atoms with E-state index in [2.05, 4.69) is 40.7 Å². The van der Waals surface area contributed by atoms with E-state index in [1.54, 1.807) is 0 Å². The molecule has 0 radical (unpaired) electrons. The Labute approximate surface area is 124 Å². The van der Waals surface area contributed by atoms with E-state index < -0.39 is 0 Å². The average Bonchev–Trinajstić information content (AvgIpc) is 3.15. The van der Waals surface area contributed by atoms with Crippen LogP contribution < -0.4 is 10.2 Å². The maximum absolute atomic E-state index is 4.73. The van der Waals surface area contributed by atoms with Crippen LogP contribution in [0, 0.1) is 6.92 Å². The van der Waals surface area contributed by atoms with E-state index in [9.17, 15) is 0 Å². The Morgan fingerprint density at radius 2 is 2.30 bits per heavy atom. The van der Waals surface area contributed by atoms with Gasteiger partial charge in [0.05, 0.1) is 6.54 Å². The standard InChI is InChI=1S/C16H21N3S/c1-12-8-13(9-17-2)10-18-16(12)19(14-5-6-14)11-15-4-3-7-20-15/h3-4,7-8,10,14,17H,5-6,9,11H2,1-2H3. The topological polar surface area (TPSA) is 28.2 Å². The van der Waals surface area contributed by atoms with Crippen LogP contribution in [0.1, 0.15) is 28.8 Å². The van der Waals surface area contributed by atoms with Crippen LogP contribution in [0.3, 0.4) is 0 Å². The molecule has 0 amide bonds. The molecule has 2 aromatic rings. The van der Waals surface area contributed by atoms with Crippen LogP contribution in [-0.4, -0.2) is 18.1 Å². The molecular formula is C16H21N3S. The normalized spacial score (nSPS) is 14.5. The Bertz CT molecular complexity index is 561. The van der Waals surface area contributed by atoms with Crippen molar-refractivity contribution < 1.29 is 0 Å². The summed E-state index contributed by atoms with van der Waals surface area (Å²) in [7, 11) is 1.97. The van der Waals surface area contributed by atoms with Crippen LogP contribution in [0.15, 0.2) is 29.8 Å². The number of anilines is 1. The Kier molecular flexibility index (Phi) is 4.03. The number of hydrogen-bond donors (Lipinski definition) is 1. The molecule has 1 aliphatic carbocycles. The first-order valence-electron chi connectivity index (χ1n) is 7.17. The van der Waals surface area contributed by atoms with Crippen molar-refractivity contribution in [1.82, 2.24) is 10.3 Å². The number of hydrogen-bond acceptors (Lipinski definition) is 4. The van der Waals surface area contributed by atoms with Crippen LogP contribution in [0.25, 0.3) is 0 Å². The quantitative estimate of drug-likeness (QED) is 0.883. The van der Waals surface area contributed by atoms with Crippen molar-refractivity contribution >= 4 is 17.2 Å². The van der Waals surface area contributed by atoms with Gasteiger partial charge in [-0.1, -0.05) is 6.07 Å². The minimum atomic E-state index is 0.679. The number of nitrogens with one attached hydrogen (secondary N) is 1. The highest BCUT2D eigenvalue weighted by Gasteiger charge is 2.31.